The van der Waals surface area contributed by atoms with Gasteiger partial charge in [-0.2, -0.15) is 0 Å². The molecule has 0 amide bonds. The average Bonchev–Trinajstić information content (AvgIpc) is 3.29. The first-order valence-electron chi connectivity index (χ1n) is 8.43. The van der Waals surface area contributed by atoms with Crippen LogP contribution in [0.15, 0.2) is 43.0 Å². The third-order valence-corrected chi connectivity index (χ3v) is 5.71. The summed E-state index contributed by atoms with van der Waals surface area (Å²) in [7, 11) is 0. The summed E-state index contributed by atoms with van der Waals surface area (Å²) in [6.45, 7) is 0.824. The number of carboxylic acids is 1. The van der Waals surface area contributed by atoms with Crippen molar-refractivity contribution in [2.45, 2.75) is 25.3 Å². The predicted molar refractivity (Wildman–Crippen MR) is 104 cm³/mol. The number of aromatic nitrogens is 2. The van der Waals surface area contributed by atoms with E-state index in [0.29, 0.717) is 10.0 Å². The Hall–Kier alpha value is -2.24. The molecule has 3 aromatic rings. The zero-order valence-electron chi connectivity index (χ0n) is 13.9. The lowest BCUT2D eigenvalue weighted by atomic mass is 10.1. The molecule has 1 aromatic heterocycles. The second kappa shape index (κ2) is 6.82. The molecule has 7 heteroatoms. The smallest absolute Gasteiger partial charge is 0.305 e. The zero-order chi connectivity index (χ0) is 18.3. The molecule has 5 nitrogen and oxygen atoms in total. The molecule has 0 spiro atoms. The second-order valence-corrected chi connectivity index (χ2v) is 7.26. The van der Waals surface area contributed by atoms with Gasteiger partial charge in [0.15, 0.2) is 0 Å². The average molecular weight is 390 g/mol. The minimum Gasteiger partial charge on any atom is -0.481 e. The van der Waals surface area contributed by atoms with E-state index in [1.807, 2.05) is 22.9 Å². The molecule has 1 N–H and O–H groups in total. The molecule has 1 aliphatic heterocycles. The fourth-order valence-electron chi connectivity index (χ4n) is 3.71. The highest BCUT2D eigenvalue weighted by molar-refractivity contribution is 6.45. The van der Waals surface area contributed by atoms with Gasteiger partial charge in [-0.15, -0.1) is 0 Å². The van der Waals surface area contributed by atoms with Gasteiger partial charge in [0.2, 0.25) is 0 Å². The summed E-state index contributed by atoms with van der Waals surface area (Å²) in [5.41, 5.74) is 1.89. The largest absolute Gasteiger partial charge is 0.481 e. The van der Waals surface area contributed by atoms with E-state index >= 15 is 0 Å². The highest BCUT2D eigenvalue weighted by atomic mass is 35.5. The number of hydrogen-bond donors (Lipinski definition) is 1. The number of fused-ring (bicyclic) bond motifs is 1. The number of nitrogens with zero attached hydrogens (tertiary/aromatic N) is 3. The second-order valence-electron chi connectivity index (χ2n) is 6.48. The maximum Gasteiger partial charge on any atom is 0.305 e. The van der Waals surface area contributed by atoms with Crippen molar-refractivity contribution in [3.8, 4) is 5.69 Å². The Bertz CT molecular complexity index is 973. The van der Waals surface area contributed by atoms with Crippen LogP contribution in [0.2, 0.25) is 10.0 Å². The van der Waals surface area contributed by atoms with Gasteiger partial charge < -0.3 is 14.6 Å². The van der Waals surface area contributed by atoms with Gasteiger partial charge in [-0.1, -0.05) is 29.3 Å². The molecule has 1 saturated heterocycles. The molecule has 0 saturated carbocycles. The van der Waals surface area contributed by atoms with E-state index in [1.165, 1.54) is 0 Å². The Morgan fingerprint density at radius 3 is 2.85 bits per heavy atom. The van der Waals surface area contributed by atoms with Crippen molar-refractivity contribution in [3.63, 3.8) is 0 Å². The normalized spacial score (nSPS) is 17.2. The highest BCUT2D eigenvalue weighted by Gasteiger charge is 2.27. The van der Waals surface area contributed by atoms with Crippen LogP contribution in [0.25, 0.3) is 16.5 Å². The molecular weight excluding hydrogens is 373 g/mol. The van der Waals surface area contributed by atoms with E-state index in [0.717, 1.165) is 41.5 Å². The summed E-state index contributed by atoms with van der Waals surface area (Å²) < 4.78 is 1.93. The van der Waals surface area contributed by atoms with Gasteiger partial charge in [-0.3, -0.25) is 4.79 Å². The number of carboxylic acid groups (broad SMARTS) is 1. The van der Waals surface area contributed by atoms with Crippen molar-refractivity contribution in [1.82, 2.24) is 9.55 Å². The number of carbonyl (C=O) groups is 1. The molecule has 134 valence electrons. The number of benzene rings is 2. The van der Waals surface area contributed by atoms with E-state index in [1.54, 1.807) is 18.6 Å². The van der Waals surface area contributed by atoms with Crippen molar-refractivity contribution in [2.75, 3.05) is 11.4 Å². The van der Waals surface area contributed by atoms with Crippen LogP contribution in [0, 0.1) is 0 Å². The lowest BCUT2D eigenvalue weighted by Gasteiger charge is -2.27. The van der Waals surface area contributed by atoms with Gasteiger partial charge in [0.1, 0.15) is 0 Å². The van der Waals surface area contributed by atoms with Crippen LogP contribution in [0.5, 0.6) is 0 Å². The van der Waals surface area contributed by atoms with E-state index < -0.39 is 5.97 Å². The molecule has 26 heavy (non-hydrogen) atoms. The molecular formula is C19H17Cl2N3O2. The lowest BCUT2D eigenvalue weighted by Crippen LogP contribution is -2.31. The quantitative estimate of drug-likeness (QED) is 0.697. The zero-order valence-corrected chi connectivity index (χ0v) is 15.4. The Balaban J connectivity index is 1.90. The highest BCUT2D eigenvalue weighted by Crippen LogP contribution is 2.38. The van der Waals surface area contributed by atoms with Crippen molar-refractivity contribution in [1.29, 1.82) is 0 Å². The summed E-state index contributed by atoms with van der Waals surface area (Å²) in [5.74, 6) is -0.779. The summed E-state index contributed by atoms with van der Waals surface area (Å²) >= 11 is 12.7. The first-order chi connectivity index (χ1) is 12.5. The van der Waals surface area contributed by atoms with Crippen LogP contribution in [0.4, 0.5) is 5.69 Å². The first-order valence-corrected chi connectivity index (χ1v) is 9.18. The molecule has 2 heterocycles. The summed E-state index contributed by atoms with van der Waals surface area (Å²) in [4.78, 5) is 17.5. The summed E-state index contributed by atoms with van der Waals surface area (Å²) in [6, 6.07) is 7.79. The topological polar surface area (TPSA) is 58.4 Å². The van der Waals surface area contributed by atoms with E-state index in [-0.39, 0.29) is 12.5 Å². The molecule has 1 aliphatic rings. The maximum atomic E-state index is 11.2. The Labute approximate surface area is 160 Å². The Morgan fingerprint density at radius 2 is 2.12 bits per heavy atom. The van der Waals surface area contributed by atoms with Gasteiger partial charge in [0, 0.05) is 41.4 Å². The van der Waals surface area contributed by atoms with Gasteiger partial charge in [0.25, 0.3) is 0 Å². The van der Waals surface area contributed by atoms with Crippen LogP contribution < -0.4 is 4.90 Å². The Kier molecular flexibility index (Phi) is 4.51. The number of hydrogen-bond acceptors (Lipinski definition) is 3. The maximum absolute atomic E-state index is 11.2. The number of halogens is 2. The third kappa shape index (κ3) is 3.02. The number of imidazole rings is 1. The van der Waals surface area contributed by atoms with Crippen LogP contribution in [-0.2, 0) is 4.79 Å². The minimum absolute atomic E-state index is 0.0152. The van der Waals surface area contributed by atoms with E-state index in [4.69, 9.17) is 23.2 Å². The first kappa shape index (κ1) is 17.2. The van der Waals surface area contributed by atoms with Crippen molar-refractivity contribution in [3.05, 3.63) is 53.0 Å². The number of anilines is 1. The fourth-order valence-corrected chi connectivity index (χ4v) is 4.09. The Morgan fingerprint density at radius 1 is 1.27 bits per heavy atom. The van der Waals surface area contributed by atoms with Gasteiger partial charge in [0.05, 0.1) is 28.5 Å². The lowest BCUT2D eigenvalue weighted by molar-refractivity contribution is -0.137. The standard InChI is InChI=1S/C19H17Cl2N3O2/c20-16-4-3-14-15(19(16)21)8-13(9-17(14)23-7-5-22-11-23)24-6-1-2-12(24)10-18(25)26/h3-5,7-9,11-12H,1-2,6,10H2,(H,25,26). The third-order valence-electron chi connectivity index (χ3n) is 4.89. The number of aliphatic carboxylic acids is 1. The predicted octanol–water partition coefficient (Wildman–Crippen LogP) is 4.78. The molecule has 1 fully saturated rings. The molecule has 0 bridgehead atoms. The molecule has 4 rings (SSSR count). The molecule has 2 aromatic carbocycles. The number of rotatable bonds is 4. The molecule has 0 aliphatic carbocycles. The summed E-state index contributed by atoms with van der Waals surface area (Å²) in [5, 5.41) is 12.0. The van der Waals surface area contributed by atoms with Crippen LogP contribution in [0.3, 0.4) is 0 Å². The van der Waals surface area contributed by atoms with E-state index in [9.17, 15) is 9.90 Å². The molecule has 1 unspecified atom stereocenters. The van der Waals surface area contributed by atoms with Gasteiger partial charge >= 0.3 is 5.97 Å². The van der Waals surface area contributed by atoms with Crippen LogP contribution >= 0.6 is 23.2 Å². The van der Waals surface area contributed by atoms with Crippen molar-refractivity contribution in [2.24, 2.45) is 0 Å². The fraction of sp³-hybridized carbons (Fsp3) is 0.263. The van der Waals surface area contributed by atoms with Crippen LogP contribution in [-0.4, -0.2) is 33.2 Å². The van der Waals surface area contributed by atoms with Crippen molar-refractivity contribution >= 4 is 45.6 Å². The summed E-state index contributed by atoms with van der Waals surface area (Å²) in [6.07, 6.45) is 7.30. The molecule has 0 radical (unpaired) electrons. The monoisotopic (exact) mass is 389 g/mol. The molecule has 1 atom stereocenters. The SMILES string of the molecule is O=C(O)CC1CCCN1c1cc(-n2ccnc2)c2ccc(Cl)c(Cl)c2c1. The van der Waals surface area contributed by atoms with Gasteiger partial charge in [-0.25, -0.2) is 4.98 Å². The van der Waals surface area contributed by atoms with Crippen LogP contribution in [0.1, 0.15) is 19.3 Å². The van der Waals surface area contributed by atoms with Crippen molar-refractivity contribution < 1.29 is 9.90 Å². The van der Waals surface area contributed by atoms with Gasteiger partial charge in [-0.05, 0) is 31.0 Å². The minimum atomic E-state index is -0.779. The van der Waals surface area contributed by atoms with E-state index in [2.05, 4.69) is 16.0 Å².